The smallest absolute Gasteiger partial charge is 0.299 e. The van der Waals surface area contributed by atoms with Crippen molar-refractivity contribution in [2.24, 2.45) is 0 Å². The van der Waals surface area contributed by atoms with Gasteiger partial charge in [-0.25, -0.2) is 17.8 Å². The van der Waals surface area contributed by atoms with E-state index in [1.165, 1.54) is 37.6 Å². The van der Waals surface area contributed by atoms with Crippen molar-refractivity contribution in [3.8, 4) is 17.1 Å². The standard InChI is InChI=1S/C17H15FN2O4S/c1-23-15-8-7-13(25(2,21)22)9-14(15)20-17-19-10-16(24-17)11-3-5-12(18)6-4-11/h3-10H,1-2H3,(H,19,20). The highest BCUT2D eigenvalue weighted by Gasteiger charge is 2.14. The number of halogens is 1. The van der Waals surface area contributed by atoms with E-state index in [2.05, 4.69) is 10.3 Å². The van der Waals surface area contributed by atoms with Gasteiger partial charge < -0.3 is 14.5 Å². The van der Waals surface area contributed by atoms with Crippen LogP contribution in [0.2, 0.25) is 0 Å². The van der Waals surface area contributed by atoms with Crippen LogP contribution in [0.25, 0.3) is 11.3 Å². The number of anilines is 2. The van der Waals surface area contributed by atoms with Crippen molar-refractivity contribution >= 4 is 21.5 Å². The van der Waals surface area contributed by atoms with Gasteiger partial charge in [0.15, 0.2) is 15.6 Å². The Hall–Kier alpha value is -2.87. The summed E-state index contributed by atoms with van der Waals surface area (Å²) < 4.78 is 47.2. The zero-order chi connectivity index (χ0) is 18.0. The zero-order valence-corrected chi connectivity index (χ0v) is 14.3. The summed E-state index contributed by atoms with van der Waals surface area (Å²) >= 11 is 0. The van der Waals surface area contributed by atoms with Crippen LogP contribution >= 0.6 is 0 Å². The average Bonchev–Trinajstić information content (AvgIpc) is 3.03. The highest BCUT2D eigenvalue weighted by molar-refractivity contribution is 7.90. The number of ether oxygens (including phenoxy) is 1. The number of aromatic nitrogens is 1. The number of benzene rings is 2. The van der Waals surface area contributed by atoms with E-state index in [0.717, 1.165) is 6.26 Å². The van der Waals surface area contributed by atoms with Gasteiger partial charge in [0.1, 0.15) is 11.6 Å². The first-order chi connectivity index (χ1) is 11.9. The molecule has 0 unspecified atom stereocenters. The maximum atomic E-state index is 13.0. The second-order valence-electron chi connectivity index (χ2n) is 5.30. The third-order valence-electron chi connectivity index (χ3n) is 3.48. The summed E-state index contributed by atoms with van der Waals surface area (Å²) in [5, 5.41) is 2.90. The quantitative estimate of drug-likeness (QED) is 0.746. The number of methoxy groups -OCH3 is 1. The second kappa shape index (κ2) is 6.56. The fraction of sp³-hybridized carbons (Fsp3) is 0.118. The molecule has 0 aliphatic rings. The molecule has 0 spiro atoms. The minimum Gasteiger partial charge on any atom is -0.495 e. The first-order valence-corrected chi connectivity index (χ1v) is 9.13. The maximum absolute atomic E-state index is 13.0. The van der Waals surface area contributed by atoms with Crippen molar-refractivity contribution in [3.05, 3.63) is 54.5 Å². The minimum absolute atomic E-state index is 0.140. The Balaban J connectivity index is 1.91. The normalized spacial score (nSPS) is 11.3. The second-order valence-corrected chi connectivity index (χ2v) is 7.31. The minimum atomic E-state index is -3.37. The summed E-state index contributed by atoms with van der Waals surface area (Å²) in [6.07, 6.45) is 2.61. The lowest BCUT2D eigenvalue weighted by Gasteiger charge is -2.10. The number of hydrogen-bond acceptors (Lipinski definition) is 6. The third-order valence-corrected chi connectivity index (χ3v) is 4.59. The summed E-state index contributed by atoms with van der Waals surface area (Å²) in [7, 11) is -1.89. The molecule has 130 valence electrons. The number of rotatable bonds is 5. The van der Waals surface area contributed by atoms with Gasteiger partial charge in [-0.1, -0.05) is 0 Å². The monoisotopic (exact) mass is 362 g/mol. The lowest BCUT2D eigenvalue weighted by Crippen LogP contribution is -2.00. The molecule has 0 bridgehead atoms. The van der Waals surface area contributed by atoms with Crippen LogP contribution in [0.4, 0.5) is 16.1 Å². The summed E-state index contributed by atoms with van der Waals surface area (Å²) in [5.74, 6) is 0.540. The van der Waals surface area contributed by atoms with Gasteiger partial charge in [0.25, 0.3) is 6.01 Å². The van der Waals surface area contributed by atoms with Crippen LogP contribution in [0.15, 0.2) is 58.0 Å². The molecule has 0 saturated heterocycles. The van der Waals surface area contributed by atoms with Crippen LogP contribution in [0, 0.1) is 5.82 Å². The summed E-state index contributed by atoms with van der Waals surface area (Å²) in [4.78, 5) is 4.24. The Morgan fingerprint density at radius 1 is 1.16 bits per heavy atom. The van der Waals surface area contributed by atoms with E-state index in [4.69, 9.17) is 9.15 Å². The molecule has 6 nitrogen and oxygen atoms in total. The lowest BCUT2D eigenvalue weighted by atomic mass is 10.2. The number of nitrogens with one attached hydrogen (secondary N) is 1. The van der Waals surface area contributed by atoms with Gasteiger partial charge in [-0.2, -0.15) is 0 Å². The van der Waals surface area contributed by atoms with E-state index in [-0.39, 0.29) is 16.7 Å². The van der Waals surface area contributed by atoms with Crippen LogP contribution in [0.1, 0.15) is 0 Å². The van der Waals surface area contributed by atoms with Gasteiger partial charge in [-0.15, -0.1) is 0 Å². The molecule has 1 N–H and O–H groups in total. The average molecular weight is 362 g/mol. The molecule has 0 amide bonds. The number of sulfone groups is 1. The van der Waals surface area contributed by atoms with Crippen molar-refractivity contribution < 1.29 is 22.0 Å². The summed E-state index contributed by atoms with van der Waals surface area (Å²) in [5.41, 5.74) is 1.07. The Bertz CT molecular complexity index is 998. The molecule has 1 heterocycles. The molecule has 0 radical (unpaired) electrons. The van der Waals surface area contributed by atoms with Crippen LogP contribution in [0.5, 0.6) is 5.75 Å². The van der Waals surface area contributed by atoms with Gasteiger partial charge >= 0.3 is 0 Å². The molecule has 0 aliphatic heterocycles. The first kappa shape index (κ1) is 17.0. The van der Waals surface area contributed by atoms with E-state index in [9.17, 15) is 12.8 Å². The number of oxazole rings is 1. The van der Waals surface area contributed by atoms with Crippen LogP contribution in [-0.4, -0.2) is 26.8 Å². The molecular formula is C17H15FN2O4S. The lowest BCUT2D eigenvalue weighted by molar-refractivity contribution is 0.416. The molecule has 2 aromatic carbocycles. The molecule has 0 atom stereocenters. The molecule has 0 fully saturated rings. The molecular weight excluding hydrogens is 347 g/mol. The fourth-order valence-corrected chi connectivity index (χ4v) is 2.86. The van der Waals surface area contributed by atoms with Crippen molar-refractivity contribution in [3.63, 3.8) is 0 Å². The molecule has 0 saturated carbocycles. The van der Waals surface area contributed by atoms with E-state index in [1.54, 1.807) is 18.2 Å². The molecule has 25 heavy (non-hydrogen) atoms. The Morgan fingerprint density at radius 2 is 1.88 bits per heavy atom. The van der Waals surface area contributed by atoms with Crippen LogP contribution in [0.3, 0.4) is 0 Å². The van der Waals surface area contributed by atoms with Gasteiger partial charge in [0.2, 0.25) is 0 Å². The van der Waals surface area contributed by atoms with E-state index < -0.39 is 9.84 Å². The molecule has 0 aliphatic carbocycles. The van der Waals surface area contributed by atoms with Crippen molar-refractivity contribution in [1.29, 1.82) is 0 Å². The summed E-state index contributed by atoms with van der Waals surface area (Å²) in [6.45, 7) is 0. The Labute approximate surface area is 144 Å². The zero-order valence-electron chi connectivity index (χ0n) is 13.5. The Kier molecular flexibility index (Phi) is 4.45. The summed E-state index contributed by atoms with van der Waals surface area (Å²) in [6, 6.07) is 10.4. The SMILES string of the molecule is COc1ccc(S(C)(=O)=O)cc1Nc1ncc(-c2ccc(F)cc2)o1. The molecule has 8 heteroatoms. The van der Waals surface area contributed by atoms with Crippen molar-refractivity contribution in [1.82, 2.24) is 4.98 Å². The van der Waals surface area contributed by atoms with Crippen molar-refractivity contribution in [2.75, 3.05) is 18.7 Å². The largest absolute Gasteiger partial charge is 0.495 e. The van der Waals surface area contributed by atoms with Gasteiger partial charge in [0, 0.05) is 11.8 Å². The maximum Gasteiger partial charge on any atom is 0.299 e. The predicted molar refractivity (Wildman–Crippen MR) is 91.3 cm³/mol. The van der Waals surface area contributed by atoms with Gasteiger partial charge in [-0.3, -0.25) is 0 Å². The van der Waals surface area contributed by atoms with Gasteiger partial charge in [0.05, 0.1) is 23.9 Å². The molecule has 1 aromatic heterocycles. The molecule has 3 rings (SSSR count). The van der Waals surface area contributed by atoms with E-state index >= 15 is 0 Å². The Morgan fingerprint density at radius 3 is 2.52 bits per heavy atom. The van der Waals surface area contributed by atoms with Crippen molar-refractivity contribution in [2.45, 2.75) is 4.90 Å². The topological polar surface area (TPSA) is 81.4 Å². The molecule has 3 aromatic rings. The fourth-order valence-electron chi connectivity index (χ4n) is 2.21. The van der Waals surface area contributed by atoms with Crippen LogP contribution < -0.4 is 10.1 Å². The third kappa shape index (κ3) is 3.80. The van der Waals surface area contributed by atoms with Gasteiger partial charge in [-0.05, 0) is 42.5 Å². The van der Waals surface area contributed by atoms with Crippen LogP contribution in [-0.2, 0) is 9.84 Å². The number of nitrogens with zero attached hydrogens (tertiary/aromatic N) is 1. The van der Waals surface area contributed by atoms with E-state index in [0.29, 0.717) is 22.8 Å². The predicted octanol–water partition coefficient (Wildman–Crippen LogP) is 3.64. The first-order valence-electron chi connectivity index (χ1n) is 7.24. The number of hydrogen-bond donors (Lipinski definition) is 1. The highest BCUT2D eigenvalue weighted by Crippen LogP contribution is 2.31. The highest BCUT2D eigenvalue weighted by atomic mass is 32.2. The van der Waals surface area contributed by atoms with E-state index in [1.807, 2.05) is 0 Å².